The van der Waals surface area contributed by atoms with E-state index in [1.54, 1.807) is 6.07 Å². The Labute approximate surface area is 115 Å². The van der Waals surface area contributed by atoms with Crippen molar-refractivity contribution < 1.29 is 17.2 Å². The Hall–Kier alpha value is -2.33. The maximum Gasteiger partial charge on any atom is 0.203 e. The van der Waals surface area contributed by atoms with Crippen molar-refractivity contribution in [2.45, 2.75) is 11.4 Å². The number of rotatable bonds is 4. The number of benzene rings is 1. The summed E-state index contributed by atoms with van der Waals surface area (Å²) in [5.74, 6) is 0.0438. The zero-order chi connectivity index (χ0) is 14.8. The molecule has 0 aliphatic carbocycles. The lowest BCUT2D eigenvalue weighted by atomic mass is 10.3. The SMILES string of the molecule is CS(=O)(=O)c1ccc(F)c(NCc2ccc(C#N)o2)c1. The lowest BCUT2D eigenvalue weighted by molar-refractivity contribution is 0.505. The molecular formula is C13H11FN2O3S. The van der Waals surface area contributed by atoms with Gasteiger partial charge in [0.1, 0.15) is 17.6 Å². The van der Waals surface area contributed by atoms with Crippen LogP contribution in [-0.4, -0.2) is 14.7 Å². The minimum atomic E-state index is -3.40. The zero-order valence-electron chi connectivity index (χ0n) is 10.6. The van der Waals surface area contributed by atoms with Crippen molar-refractivity contribution in [3.8, 4) is 6.07 Å². The van der Waals surface area contributed by atoms with Crippen molar-refractivity contribution in [3.63, 3.8) is 0 Å². The van der Waals surface area contributed by atoms with Crippen LogP contribution in [0.1, 0.15) is 11.5 Å². The first-order chi connectivity index (χ1) is 9.40. The normalized spacial score (nSPS) is 11.1. The topological polar surface area (TPSA) is 83.1 Å². The summed E-state index contributed by atoms with van der Waals surface area (Å²) in [5.41, 5.74) is 0.0582. The van der Waals surface area contributed by atoms with Crippen molar-refractivity contribution in [2.75, 3.05) is 11.6 Å². The van der Waals surface area contributed by atoms with E-state index in [9.17, 15) is 12.8 Å². The Morgan fingerprint density at radius 2 is 2.10 bits per heavy atom. The van der Waals surface area contributed by atoms with E-state index in [4.69, 9.17) is 9.68 Å². The molecule has 0 fully saturated rings. The van der Waals surface area contributed by atoms with Crippen LogP contribution < -0.4 is 5.32 Å². The van der Waals surface area contributed by atoms with Crippen molar-refractivity contribution >= 4 is 15.5 Å². The molecular weight excluding hydrogens is 283 g/mol. The van der Waals surface area contributed by atoms with Gasteiger partial charge in [0.2, 0.25) is 5.76 Å². The molecule has 104 valence electrons. The van der Waals surface area contributed by atoms with E-state index in [0.717, 1.165) is 12.3 Å². The van der Waals surface area contributed by atoms with Crippen molar-refractivity contribution in [1.82, 2.24) is 0 Å². The van der Waals surface area contributed by atoms with Crippen LogP contribution in [0.5, 0.6) is 0 Å². The predicted molar refractivity (Wildman–Crippen MR) is 70.3 cm³/mol. The highest BCUT2D eigenvalue weighted by Crippen LogP contribution is 2.20. The monoisotopic (exact) mass is 294 g/mol. The van der Waals surface area contributed by atoms with Gasteiger partial charge in [-0.3, -0.25) is 0 Å². The van der Waals surface area contributed by atoms with Gasteiger partial charge in [0.15, 0.2) is 9.84 Å². The van der Waals surface area contributed by atoms with Gasteiger partial charge in [-0.25, -0.2) is 12.8 Å². The van der Waals surface area contributed by atoms with E-state index >= 15 is 0 Å². The fraction of sp³-hybridized carbons (Fsp3) is 0.154. The molecule has 0 aliphatic heterocycles. The first-order valence-electron chi connectivity index (χ1n) is 5.62. The second kappa shape index (κ2) is 5.35. The molecule has 0 bridgehead atoms. The summed E-state index contributed by atoms with van der Waals surface area (Å²) in [4.78, 5) is 0.0264. The molecule has 1 N–H and O–H groups in total. The Morgan fingerprint density at radius 1 is 1.35 bits per heavy atom. The number of nitrogens with zero attached hydrogens (tertiary/aromatic N) is 1. The van der Waals surface area contributed by atoms with Gasteiger partial charge in [0.05, 0.1) is 17.1 Å². The van der Waals surface area contributed by atoms with E-state index in [-0.39, 0.29) is 22.9 Å². The number of anilines is 1. The third-order valence-electron chi connectivity index (χ3n) is 2.59. The summed E-state index contributed by atoms with van der Waals surface area (Å²) in [7, 11) is -3.40. The Morgan fingerprint density at radius 3 is 2.70 bits per heavy atom. The highest BCUT2D eigenvalue weighted by atomic mass is 32.2. The molecule has 0 spiro atoms. The van der Waals surface area contributed by atoms with E-state index in [2.05, 4.69) is 5.32 Å². The van der Waals surface area contributed by atoms with Crippen LogP contribution in [0.15, 0.2) is 39.6 Å². The number of nitriles is 1. The second-order valence-electron chi connectivity index (χ2n) is 4.15. The standard InChI is InChI=1S/C13H11FN2O3S/c1-20(17,18)11-4-5-12(14)13(6-11)16-8-10-3-2-9(7-15)19-10/h2-6,16H,8H2,1H3. The number of hydrogen-bond donors (Lipinski definition) is 1. The molecule has 2 rings (SSSR count). The summed E-state index contributed by atoms with van der Waals surface area (Å²) in [6, 6.07) is 8.44. The summed E-state index contributed by atoms with van der Waals surface area (Å²) in [6.45, 7) is 0.145. The van der Waals surface area contributed by atoms with Gasteiger partial charge in [-0.15, -0.1) is 0 Å². The summed E-state index contributed by atoms with van der Waals surface area (Å²) in [6.07, 6.45) is 1.05. The van der Waals surface area contributed by atoms with E-state index in [1.807, 2.05) is 6.07 Å². The zero-order valence-corrected chi connectivity index (χ0v) is 11.4. The van der Waals surface area contributed by atoms with Crippen LogP contribution in [0.2, 0.25) is 0 Å². The van der Waals surface area contributed by atoms with Crippen molar-refractivity contribution in [1.29, 1.82) is 5.26 Å². The van der Waals surface area contributed by atoms with Crippen LogP contribution in [0, 0.1) is 17.1 Å². The molecule has 0 atom stereocenters. The van der Waals surface area contributed by atoms with Gasteiger partial charge in [-0.2, -0.15) is 5.26 Å². The quantitative estimate of drug-likeness (QED) is 0.875. The highest BCUT2D eigenvalue weighted by molar-refractivity contribution is 7.90. The molecule has 1 heterocycles. The maximum absolute atomic E-state index is 13.6. The molecule has 0 saturated heterocycles. The summed E-state index contributed by atoms with van der Waals surface area (Å²) >= 11 is 0. The minimum Gasteiger partial charge on any atom is -0.449 e. The number of sulfone groups is 1. The van der Waals surface area contributed by atoms with E-state index in [1.165, 1.54) is 18.2 Å². The van der Waals surface area contributed by atoms with Crippen molar-refractivity contribution in [3.05, 3.63) is 47.7 Å². The minimum absolute atomic E-state index is 0.0264. The molecule has 5 nitrogen and oxygen atoms in total. The number of furan rings is 1. The summed E-state index contributed by atoms with van der Waals surface area (Å²) < 4.78 is 41.5. The highest BCUT2D eigenvalue weighted by Gasteiger charge is 2.11. The van der Waals surface area contributed by atoms with E-state index < -0.39 is 15.7 Å². The average Bonchev–Trinajstić information content (AvgIpc) is 2.84. The Balaban J connectivity index is 2.19. The molecule has 1 aromatic carbocycles. The smallest absolute Gasteiger partial charge is 0.203 e. The number of hydrogen-bond acceptors (Lipinski definition) is 5. The predicted octanol–water partition coefficient (Wildman–Crippen LogP) is 2.31. The Bertz CT molecular complexity index is 775. The van der Waals surface area contributed by atoms with Gasteiger partial charge < -0.3 is 9.73 Å². The molecule has 7 heteroatoms. The van der Waals surface area contributed by atoms with Crippen LogP contribution in [-0.2, 0) is 16.4 Å². The van der Waals surface area contributed by atoms with Gasteiger partial charge in [-0.1, -0.05) is 0 Å². The lowest BCUT2D eigenvalue weighted by Crippen LogP contribution is -2.03. The largest absolute Gasteiger partial charge is 0.449 e. The van der Waals surface area contributed by atoms with Crippen LogP contribution >= 0.6 is 0 Å². The maximum atomic E-state index is 13.6. The van der Waals surface area contributed by atoms with Crippen LogP contribution in [0.25, 0.3) is 0 Å². The molecule has 0 saturated carbocycles. The third-order valence-corrected chi connectivity index (χ3v) is 3.70. The second-order valence-corrected chi connectivity index (χ2v) is 6.16. The van der Waals surface area contributed by atoms with Gasteiger partial charge in [0.25, 0.3) is 0 Å². The number of nitrogens with one attached hydrogen (secondary N) is 1. The van der Waals surface area contributed by atoms with Crippen LogP contribution in [0.4, 0.5) is 10.1 Å². The molecule has 0 aliphatic rings. The van der Waals surface area contributed by atoms with Gasteiger partial charge >= 0.3 is 0 Å². The molecule has 20 heavy (non-hydrogen) atoms. The molecule has 0 unspecified atom stereocenters. The average molecular weight is 294 g/mol. The first-order valence-corrected chi connectivity index (χ1v) is 7.51. The van der Waals surface area contributed by atoms with E-state index in [0.29, 0.717) is 5.76 Å². The first kappa shape index (κ1) is 14.1. The molecule has 2 aromatic rings. The van der Waals surface area contributed by atoms with Crippen LogP contribution in [0.3, 0.4) is 0 Å². The van der Waals surface area contributed by atoms with Gasteiger partial charge in [-0.05, 0) is 30.3 Å². The fourth-order valence-electron chi connectivity index (χ4n) is 1.59. The van der Waals surface area contributed by atoms with Gasteiger partial charge in [0, 0.05) is 6.26 Å². The molecule has 1 aromatic heterocycles. The Kier molecular flexibility index (Phi) is 3.77. The fourth-order valence-corrected chi connectivity index (χ4v) is 2.23. The molecule has 0 amide bonds. The molecule has 0 radical (unpaired) electrons. The van der Waals surface area contributed by atoms with Crippen molar-refractivity contribution in [2.24, 2.45) is 0 Å². The summed E-state index contributed by atoms with van der Waals surface area (Å²) in [5, 5.41) is 11.4. The number of halogens is 1. The lowest BCUT2D eigenvalue weighted by Gasteiger charge is -2.07. The third kappa shape index (κ3) is 3.16.